The number of hydrogen-bond donors (Lipinski definition) is 5. The fourth-order valence-electron chi connectivity index (χ4n) is 3.01. The molecule has 3 aromatic carbocycles. The molecule has 0 aliphatic carbocycles. The Labute approximate surface area is 191 Å². The van der Waals surface area contributed by atoms with Crippen LogP contribution in [0.3, 0.4) is 0 Å². The van der Waals surface area contributed by atoms with Gasteiger partial charge < -0.3 is 26.0 Å². The maximum atomic E-state index is 12.5. The van der Waals surface area contributed by atoms with Gasteiger partial charge in [-0.1, -0.05) is 30.3 Å². The molecule has 0 aliphatic heterocycles. The van der Waals surface area contributed by atoms with Gasteiger partial charge in [-0.15, -0.1) is 0 Å². The van der Waals surface area contributed by atoms with E-state index < -0.39 is 17.8 Å². The number of benzene rings is 3. The van der Waals surface area contributed by atoms with Crippen molar-refractivity contribution in [2.24, 2.45) is 0 Å². The molecule has 0 aromatic heterocycles. The Bertz CT molecular complexity index is 1190. The normalized spacial score (nSPS) is 10.4. The van der Waals surface area contributed by atoms with Crippen molar-refractivity contribution in [2.45, 2.75) is 13.1 Å². The first-order valence-electron chi connectivity index (χ1n) is 9.45. The van der Waals surface area contributed by atoms with E-state index in [0.29, 0.717) is 11.1 Å². The zero-order chi connectivity index (χ0) is 23.3. The summed E-state index contributed by atoms with van der Waals surface area (Å²) in [7, 11) is 0. The highest BCUT2D eigenvalue weighted by molar-refractivity contribution is 9.10. The molecule has 0 unspecified atom stereocenters. The average molecular weight is 499 g/mol. The number of nitrogens with one attached hydrogen (secondary N) is 2. The number of amides is 2. The van der Waals surface area contributed by atoms with E-state index in [4.69, 9.17) is 0 Å². The highest BCUT2D eigenvalue weighted by Gasteiger charge is 2.19. The summed E-state index contributed by atoms with van der Waals surface area (Å²) in [5.74, 6) is -2.52. The Morgan fingerprint density at radius 2 is 1.44 bits per heavy atom. The molecule has 5 N–H and O–H groups in total. The number of halogens is 1. The summed E-state index contributed by atoms with van der Waals surface area (Å²) < 4.78 is 0.231. The summed E-state index contributed by atoms with van der Waals surface area (Å²) in [6.45, 7) is 0.150. The number of phenols is 2. The van der Waals surface area contributed by atoms with Crippen LogP contribution in [0.4, 0.5) is 0 Å². The predicted octanol–water partition coefficient (Wildman–Crippen LogP) is 3.42. The molecule has 0 radical (unpaired) electrons. The van der Waals surface area contributed by atoms with Crippen LogP contribution in [0.5, 0.6) is 11.5 Å². The van der Waals surface area contributed by atoms with Crippen molar-refractivity contribution in [3.8, 4) is 11.5 Å². The smallest absolute Gasteiger partial charge is 0.336 e. The van der Waals surface area contributed by atoms with Gasteiger partial charge in [0.2, 0.25) is 0 Å². The van der Waals surface area contributed by atoms with E-state index in [1.807, 2.05) is 0 Å². The molecule has 2 amide bonds. The molecule has 3 aromatic rings. The van der Waals surface area contributed by atoms with Crippen LogP contribution in [0.2, 0.25) is 0 Å². The van der Waals surface area contributed by atoms with Crippen LogP contribution in [0, 0.1) is 0 Å². The molecule has 0 fully saturated rings. The van der Waals surface area contributed by atoms with Gasteiger partial charge in [-0.05, 0) is 57.4 Å². The summed E-state index contributed by atoms with van der Waals surface area (Å²) in [5, 5.41) is 34.4. The second kappa shape index (κ2) is 9.97. The molecule has 3 rings (SSSR count). The van der Waals surface area contributed by atoms with Crippen LogP contribution >= 0.6 is 15.9 Å². The summed E-state index contributed by atoms with van der Waals surface area (Å²) in [6, 6.07) is 15.3. The number of phenolic OH excluding ortho intramolecular Hbond substituents is 2. The van der Waals surface area contributed by atoms with Gasteiger partial charge in [0.1, 0.15) is 11.5 Å². The molecule has 0 heterocycles. The third kappa shape index (κ3) is 5.25. The molecule has 0 saturated heterocycles. The van der Waals surface area contributed by atoms with E-state index in [9.17, 15) is 29.7 Å². The fraction of sp³-hybridized carbons (Fsp3) is 0.0870. The lowest BCUT2D eigenvalue weighted by molar-refractivity contribution is 0.0690. The number of carbonyl (C=O) groups excluding carboxylic acids is 2. The lowest BCUT2D eigenvalue weighted by Crippen LogP contribution is -2.25. The molecule has 0 bridgehead atoms. The largest absolute Gasteiger partial charge is 0.508 e. The highest BCUT2D eigenvalue weighted by atomic mass is 79.9. The summed E-state index contributed by atoms with van der Waals surface area (Å²) in [5.41, 5.74) is 1.11. The molecule has 0 spiro atoms. The molecule has 0 aliphatic rings. The first-order chi connectivity index (χ1) is 15.3. The van der Waals surface area contributed by atoms with E-state index in [-0.39, 0.29) is 45.8 Å². The van der Waals surface area contributed by atoms with E-state index >= 15 is 0 Å². The lowest BCUT2D eigenvalue weighted by Gasteiger charge is -2.13. The molecule has 0 atom stereocenters. The Kier molecular flexibility index (Phi) is 7.11. The van der Waals surface area contributed by atoms with Gasteiger partial charge in [0, 0.05) is 13.1 Å². The molecular weight excluding hydrogens is 480 g/mol. The minimum Gasteiger partial charge on any atom is -0.508 e. The number of carboxylic acid groups (broad SMARTS) is 1. The number of hydrogen-bond acceptors (Lipinski definition) is 5. The Hall–Kier alpha value is -3.85. The van der Waals surface area contributed by atoms with Crippen molar-refractivity contribution in [1.82, 2.24) is 10.6 Å². The van der Waals surface area contributed by atoms with Crippen LogP contribution in [-0.4, -0.2) is 33.1 Å². The number of rotatable bonds is 7. The van der Waals surface area contributed by atoms with Gasteiger partial charge >= 0.3 is 5.97 Å². The van der Waals surface area contributed by atoms with E-state index in [2.05, 4.69) is 26.6 Å². The fourth-order valence-corrected chi connectivity index (χ4v) is 3.49. The molecular formula is C23H19BrN2O6. The average Bonchev–Trinajstić information content (AvgIpc) is 2.78. The van der Waals surface area contributed by atoms with Crippen molar-refractivity contribution in [3.63, 3.8) is 0 Å². The monoisotopic (exact) mass is 498 g/mol. The third-order valence-electron chi connectivity index (χ3n) is 4.65. The Morgan fingerprint density at radius 1 is 0.781 bits per heavy atom. The molecule has 164 valence electrons. The number of carboxylic acids is 1. The van der Waals surface area contributed by atoms with Crippen LogP contribution in [0.25, 0.3) is 0 Å². The van der Waals surface area contributed by atoms with Gasteiger partial charge in [-0.25, -0.2) is 4.79 Å². The molecule has 9 heteroatoms. The quantitative estimate of drug-likeness (QED) is 0.338. The van der Waals surface area contributed by atoms with Crippen molar-refractivity contribution in [1.29, 1.82) is 0 Å². The SMILES string of the molecule is O=C(O)c1ccccc1C(=O)NCc1ccc(C(=O)NCc2cccc(O)c2)c(O)c1Br. The van der Waals surface area contributed by atoms with E-state index in [1.54, 1.807) is 24.3 Å². The molecule has 0 saturated carbocycles. The van der Waals surface area contributed by atoms with Crippen LogP contribution < -0.4 is 10.6 Å². The zero-order valence-corrected chi connectivity index (χ0v) is 18.2. The summed E-state index contributed by atoms with van der Waals surface area (Å²) in [6.07, 6.45) is 0. The first kappa shape index (κ1) is 22.8. The number of carbonyl (C=O) groups is 3. The second-order valence-electron chi connectivity index (χ2n) is 6.82. The van der Waals surface area contributed by atoms with Crippen LogP contribution in [-0.2, 0) is 13.1 Å². The zero-order valence-electron chi connectivity index (χ0n) is 16.6. The van der Waals surface area contributed by atoms with Gasteiger partial charge in [-0.2, -0.15) is 0 Å². The minimum atomic E-state index is -1.21. The maximum Gasteiger partial charge on any atom is 0.336 e. The summed E-state index contributed by atoms with van der Waals surface area (Å²) in [4.78, 5) is 36.2. The van der Waals surface area contributed by atoms with Crippen LogP contribution in [0.1, 0.15) is 42.2 Å². The first-order valence-corrected chi connectivity index (χ1v) is 10.2. The lowest BCUT2D eigenvalue weighted by atomic mass is 10.1. The molecule has 32 heavy (non-hydrogen) atoms. The minimum absolute atomic E-state index is 0.00782. The van der Waals surface area contributed by atoms with Crippen molar-refractivity contribution in [2.75, 3.05) is 0 Å². The molecule has 8 nitrogen and oxygen atoms in total. The predicted molar refractivity (Wildman–Crippen MR) is 120 cm³/mol. The Balaban J connectivity index is 1.68. The Morgan fingerprint density at radius 3 is 2.12 bits per heavy atom. The van der Waals surface area contributed by atoms with Crippen molar-refractivity contribution in [3.05, 3.63) is 93.0 Å². The third-order valence-corrected chi connectivity index (χ3v) is 5.53. The van der Waals surface area contributed by atoms with Gasteiger partial charge in [0.15, 0.2) is 0 Å². The number of aromatic carboxylic acids is 1. The topological polar surface area (TPSA) is 136 Å². The van der Waals surface area contributed by atoms with Gasteiger partial charge in [0.05, 0.1) is 21.2 Å². The van der Waals surface area contributed by atoms with Crippen molar-refractivity contribution >= 4 is 33.7 Å². The van der Waals surface area contributed by atoms with Crippen molar-refractivity contribution < 1.29 is 29.7 Å². The van der Waals surface area contributed by atoms with Gasteiger partial charge in [-0.3, -0.25) is 9.59 Å². The van der Waals surface area contributed by atoms with E-state index in [0.717, 1.165) is 0 Å². The summed E-state index contributed by atoms with van der Waals surface area (Å²) >= 11 is 3.24. The standard InChI is InChI=1S/C23H19BrN2O6/c24-19-14(12-26-21(29)16-6-1-2-7-17(16)23(31)32)8-9-18(20(19)28)22(30)25-11-13-4-3-5-15(27)10-13/h1-10,27-28H,11-12H2,(H,25,30)(H,26,29)(H,31,32). The second-order valence-corrected chi connectivity index (χ2v) is 7.61. The maximum absolute atomic E-state index is 12.5. The van der Waals surface area contributed by atoms with Crippen LogP contribution in [0.15, 0.2) is 65.1 Å². The van der Waals surface area contributed by atoms with E-state index in [1.165, 1.54) is 36.4 Å². The highest BCUT2D eigenvalue weighted by Crippen LogP contribution is 2.31. The number of aromatic hydroxyl groups is 2. The van der Waals surface area contributed by atoms with Gasteiger partial charge in [0.25, 0.3) is 11.8 Å².